The minimum Gasteiger partial charge on any atom is -0.497 e. The maximum atomic E-state index is 13.3. The van der Waals surface area contributed by atoms with Gasteiger partial charge < -0.3 is 14.8 Å². The molecule has 0 saturated carbocycles. The Morgan fingerprint density at radius 3 is 2.30 bits per heavy atom. The maximum Gasteiger partial charge on any atom is 0.264 e. The summed E-state index contributed by atoms with van der Waals surface area (Å²) >= 11 is 0. The van der Waals surface area contributed by atoms with Gasteiger partial charge in [-0.1, -0.05) is 35.9 Å². The Hall–Kier alpha value is -3.52. The quantitative estimate of drug-likeness (QED) is 0.459. The molecule has 1 N–H and O–H groups in total. The zero-order valence-corrected chi connectivity index (χ0v) is 19.8. The van der Waals surface area contributed by atoms with Crippen LogP contribution in [0.15, 0.2) is 77.7 Å². The summed E-state index contributed by atoms with van der Waals surface area (Å²) in [4.78, 5) is 12.8. The average Bonchev–Trinajstić information content (AvgIpc) is 2.82. The van der Waals surface area contributed by atoms with Crippen LogP contribution in [-0.4, -0.2) is 41.1 Å². The van der Waals surface area contributed by atoms with Crippen LogP contribution < -0.4 is 19.1 Å². The molecular weight excluding hydrogens is 440 g/mol. The number of anilines is 1. The molecule has 0 heterocycles. The van der Waals surface area contributed by atoms with Gasteiger partial charge in [0.2, 0.25) is 5.91 Å². The molecule has 7 nitrogen and oxygen atoms in total. The van der Waals surface area contributed by atoms with Crippen molar-refractivity contribution in [1.29, 1.82) is 0 Å². The largest absolute Gasteiger partial charge is 0.497 e. The molecule has 0 aliphatic carbocycles. The molecule has 8 heteroatoms. The lowest BCUT2D eigenvalue weighted by atomic mass is 10.1. The van der Waals surface area contributed by atoms with E-state index in [1.165, 1.54) is 19.2 Å². The van der Waals surface area contributed by atoms with Crippen LogP contribution in [0.3, 0.4) is 0 Å². The minimum atomic E-state index is -3.95. The fraction of sp³-hybridized carbons (Fsp3) is 0.240. The van der Waals surface area contributed by atoms with E-state index in [9.17, 15) is 13.2 Å². The van der Waals surface area contributed by atoms with E-state index in [4.69, 9.17) is 9.47 Å². The second-order valence-corrected chi connectivity index (χ2v) is 9.35. The second-order valence-electron chi connectivity index (χ2n) is 7.49. The van der Waals surface area contributed by atoms with E-state index in [2.05, 4.69) is 5.32 Å². The third kappa shape index (κ3) is 6.26. The molecule has 0 atom stereocenters. The predicted molar refractivity (Wildman–Crippen MR) is 128 cm³/mol. The number of carbonyl (C=O) groups excluding carboxylic acids is 1. The predicted octanol–water partition coefficient (Wildman–Crippen LogP) is 3.70. The summed E-state index contributed by atoms with van der Waals surface area (Å²) in [5, 5.41) is 2.74. The van der Waals surface area contributed by atoms with E-state index >= 15 is 0 Å². The number of nitrogens with zero attached hydrogens (tertiary/aromatic N) is 1. The van der Waals surface area contributed by atoms with Crippen molar-refractivity contribution in [3.8, 4) is 11.5 Å². The highest BCUT2D eigenvalue weighted by Crippen LogP contribution is 2.25. The number of amides is 1. The maximum absolute atomic E-state index is 13.3. The van der Waals surface area contributed by atoms with E-state index in [0.717, 1.165) is 21.2 Å². The van der Waals surface area contributed by atoms with Gasteiger partial charge in [-0.25, -0.2) is 8.42 Å². The number of hydrogen-bond acceptors (Lipinski definition) is 5. The lowest BCUT2D eigenvalue weighted by Crippen LogP contribution is -2.41. The van der Waals surface area contributed by atoms with Gasteiger partial charge in [0, 0.05) is 0 Å². The van der Waals surface area contributed by atoms with Crippen molar-refractivity contribution in [2.45, 2.75) is 18.7 Å². The summed E-state index contributed by atoms with van der Waals surface area (Å²) in [7, 11) is -2.42. The number of aryl methyl sites for hydroxylation is 2. The second kappa shape index (κ2) is 10.9. The van der Waals surface area contributed by atoms with Crippen molar-refractivity contribution < 1.29 is 22.7 Å². The minimum absolute atomic E-state index is 0.104. The molecule has 3 aromatic carbocycles. The molecule has 0 aliphatic rings. The first-order valence-corrected chi connectivity index (χ1v) is 11.9. The summed E-state index contributed by atoms with van der Waals surface area (Å²) in [6, 6.07) is 20.4. The Morgan fingerprint density at radius 2 is 1.67 bits per heavy atom. The number of sulfonamides is 1. The molecule has 0 aromatic heterocycles. The van der Waals surface area contributed by atoms with Crippen LogP contribution in [-0.2, 0) is 14.8 Å². The van der Waals surface area contributed by atoms with Crippen LogP contribution in [0.2, 0.25) is 0 Å². The Morgan fingerprint density at radius 1 is 0.970 bits per heavy atom. The molecular formula is C25H28N2O5S. The average molecular weight is 469 g/mol. The standard InChI is InChI=1S/C25H28N2O5S/c1-19-9-14-24(20(2)17-19)32-16-15-26-25(28)18-27(21-10-12-22(31-3)13-11-21)33(29,30)23-7-5-4-6-8-23/h4-14,17H,15-16,18H2,1-3H3,(H,26,28). The molecule has 174 valence electrons. The molecule has 0 bridgehead atoms. The highest BCUT2D eigenvalue weighted by atomic mass is 32.2. The Kier molecular flexibility index (Phi) is 7.95. The number of methoxy groups -OCH3 is 1. The van der Waals surface area contributed by atoms with Gasteiger partial charge in [0.1, 0.15) is 24.7 Å². The molecule has 0 radical (unpaired) electrons. The monoisotopic (exact) mass is 468 g/mol. The third-order valence-electron chi connectivity index (χ3n) is 4.99. The first kappa shape index (κ1) is 24.1. The van der Waals surface area contributed by atoms with E-state index in [1.807, 2.05) is 32.0 Å². The van der Waals surface area contributed by atoms with Crippen LogP contribution in [0.5, 0.6) is 11.5 Å². The van der Waals surface area contributed by atoms with Gasteiger partial charge in [-0.15, -0.1) is 0 Å². The highest BCUT2D eigenvalue weighted by Gasteiger charge is 2.27. The van der Waals surface area contributed by atoms with Crippen LogP contribution in [0.4, 0.5) is 5.69 Å². The molecule has 0 spiro atoms. The van der Waals surface area contributed by atoms with Crippen molar-refractivity contribution in [2.75, 3.05) is 31.1 Å². The Labute approximate surface area is 195 Å². The lowest BCUT2D eigenvalue weighted by Gasteiger charge is -2.24. The summed E-state index contributed by atoms with van der Waals surface area (Å²) in [5.74, 6) is 0.903. The van der Waals surface area contributed by atoms with E-state index in [-0.39, 0.29) is 24.6 Å². The van der Waals surface area contributed by atoms with Crippen LogP contribution >= 0.6 is 0 Å². The van der Waals surface area contributed by atoms with Gasteiger partial charge in [0.15, 0.2) is 0 Å². The molecule has 0 fully saturated rings. The number of ether oxygens (including phenoxy) is 2. The molecule has 0 saturated heterocycles. The van der Waals surface area contributed by atoms with Crippen molar-refractivity contribution in [1.82, 2.24) is 5.32 Å². The van der Waals surface area contributed by atoms with Gasteiger partial charge in [-0.05, 0) is 61.9 Å². The zero-order valence-electron chi connectivity index (χ0n) is 18.9. The Bertz CT molecular complexity index is 1180. The first-order chi connectivity index (χ1) is 15.8. The van der Waals surface area contributed by atoms with Crippen LogP contribution in [0, 0.1) is 13.8 Å². The van der Waals surface area contributed by atoms with Gasteiger partial charge in [-0.2, -0.15) is 0 Å². The molecule has 3 aromatic rings. The van der Waals surface area contributed by atoms with Crippen molar-refractivity contribution in [3.05, 3.63) is 83.9 Å². The fourth-order valence-electron chi connectivity index (χ4n) is 3.28. The molecule has 3 rings (SSSR count). The lowest BCUT2D eigenvalue weighted by molar-refractivity contribution is -0.119. The van der Waals surface area contributed by atoms with Crippen molar-refractivity contribution in [2.24, 2.45) is 0 Å². The van der Waals surface area contributed by atoms with E-state index < -0.39 is 15.9 Å². The SMILES string of the molecule is COc1ccc(N(CC(=O)NCCOc2ccc(C)cc2C)S(=O)(=O)c2ccccc2)cc1. The summed E-state index contributed by atoms with van der Waals surface area (Å²) in [6.07, 6.45) is 0. The summed E-state index contributed by atoms with van der Waals surface area (Å²) in [6.45, 7) is 4.11. The highest BCUT2D eigenvalue weighted by molar-refractivity contribution is 7.92. The number of rotatable bonds is 10. The van der Waals surface area contributed by atoms with Gasteiger partial charge in [-0.3, -0.25) is 9.10 Å². The molecule has 0 aliphatic heterocycles. The number of hydrogen-bond donors (Lipinski definition) is 1. The van der Waals surface area contributed by atoms with E-state index in [1.54, 1.807) is 42.5 Å². The third-order valence-corrected chi connectivity index (χ3v) is 6.78. The topological polar surface area (TPSA) is 84.9 Å². The number of carbonyl (C=O) groups is 1. The van der Waals surface area contributed by atoms with Crippen molar-refractivity contribution >= 4 is 21.6 Å². The van der Waals surface area contributed by atoms with Gasteiger partial charge in [0.25, 0.3) is 10.0 Å². The summed E-state index contributed by atoms with van der Waals surface area (Å²) in [5.41, 5.74) is 2.52. The normalized spacial score (nSPS) is 11.0. The smallest absolute Gasteiger partial charge is 0.264 e. The van der Waals surface area contributed by atoms with Crippen molar-refractivity contribution in [3.63, 3.8) is 0 Å². The van der Waals surface area contributed by atoms with Crippen LogP contribution in [0.25, 0.3) is 0 Å². The van der Waals surface area contributed by atoms with Gasteiger partial charge >= 0.3 is 0 Å². The fourth-order valence-corrected chi connectivity index (χ4v) is 4.72. The molecule has 33 heavy (non-hydrogen) atoms. The molecule has 1 amide bonds. The Balaban J connectivity index is 1.69. The molecule has 0 unspecified atom stereocenters. The summed E-state index contributed by atoms with van der Waals surface area (Å²) < 4.78 is 38.6. The number of nitrogens with one attached hydrogen (secondary N) is 1. The first-order valence-electron chi connectivity index (χ1n) is 10.5. The van der Waals surface area contributed by atoms with Gasteiger partial charge in [0.05, 0.1) is 24.2 Å². The van der Waals surface area contributed by atoms with E-state index in [0.29, 0.717) is 11.4 Å². The number of benzene rings is 3. The zero-order chi connectivity index (χ0) is 23.8. The van der Waals surface area contributed by atoms with Crippen LogP contribution in [0.1, 0.15) is 11.1 Å².